The Labute approximate surface area is 87.1 Å². The Kier molecular flexibility index (Phi) is 3.67. The average Bonchev–Trinajstić information content (AvgIpc) is 2.20. The first-order valence-electron chi connectivity index (χ1n) is 4.95. The molecule has 0 unspecified atom stereocenters. The Morgan fingerprint density at radius 2 is 1.86 bits per heavy atom. The molecule has 0 aliphatic heterocycles. The van der Waals surface area contributed by atoms with Crippen LogP contribution in [0.25, 0.3) is 0 Å². The van der Waals surface area contributed by atoms with Gasteiger partial charge in [-0.05, 0) is 6.92 Å². The molecule has 14 heavy (non-hydrogen) atoms. The summed E-state index contributed by atoms with van der Waals surface area (Å²) in [6.07, 6.45) is 2.05. The molecule has 1 aromatic rings. The fourth-order valence-corrected chi connectivity index (χ4v) is 4.20. The molecular formula is C12H18OSi. The second-order valence-corrected chi connectivity index (χ2v) is 8.43. The quantitative estimate of drug-likeness (QED) is 0.751. The summed E-state index contributed by atoms with van der Waals surface area (Å²) in [6.45, 7) is 6.73. The number of allylic oxidation sites excluding steroid dienone is 1. The van der Waals surface area contributed by atoms with Crippen molar-refractivity contribution in [1.82, 2.24) is 0 Å². The first kappa shape index (κ1) is 11.2. The minimum atomic E-state index is -1.60. The molecule has 0 heterocycles. The highest BCUT2D eigenvalue weighted by atomic mass is 28.3. The molecule has 0 bridgehead atoms. The van der Waals surface area contributed by atoms with Gasteiger partial charge in [0.1, 0.15) is 8.07 Å². The summed E-state index contributed by atoms with van der Waals surface area (Å²) < 4.78 is 0. The van der Waals surface area contributed by atoms with Crippen molar-refractivity contribution in [1.29, 1.82) is 0 Å². The van der Waals surface area contributed by atoms with Gasteiger partial charge in [0.05, 0.1) is 6.61 Å². The number of aliphatic hydroxyl groups is 1. The molecule has 1 nitrogen and oxygen atoms in total. The zero-order chi connectivity index (χ0) is 10.6. The van der Waals surface area contributed by atoms with Crippen LogP contribution < -0.4 is 5.19 Å². The van der Waals surface area contributed by atoms with E-state index in [9.17, 15) is 5.11 Å². The van der Waals surface area contributed by atoms with Crippen LogP contribution in [0, 0.1) is 0 Å². The number of aliphatic hydroxyl groups excluding tert-OH is 1. The smallest absolute Gasteiger partial charge is 0.110 e. The highest BCUT2D eigenvalue weighted by molar-refractivity contribution is 6.95. The number of hydrogen-bond donors (Lipinski definition) is 1. The maximum atomic E-state index is 9.29. The SMILES string of the molecule is C/C=C(/CO)[Si](C)(C)c1ccccc1. The predicted molar refractivity (Wildman–Crippen MR) is 64.4 cm³/mol. The van der Waals surface area contributed by atoms with Gasteiger partial charge in [-0.25, -0.2) is 0 Å². The molecule has 0 aliphatic carbocycles. The molecule has 0 aliphatic rings. The zero-order valence-corrected chi connectivity index (χ0v) is 10.1. The van der Waals surface area contributed by atoms with Crippen molar-refractivity contribution in [2.75, 3.05) is 6.61 Å². The molecule has 0 atom stereocenters. The molecule has 1 aromatic carbocycles. The van der Waals surface area contributed by atoms with E-state index in [-0.39, 0.29) is 6.61 Å². The third kappa shape index (κ3) is 2.14. The van der Waals surface area contributed by atoms with Crippen LogP contribution in [0.2, 0.25) is 13.1 Å². The molecule has 2 heteroatoms. The normalized spacial score (nSPS) is 13.0. The van der Waals surface area contributed by atoms with Crippen LogP contribution in [0.5, 0.6) is 0 Å². The van der Waals surface area contributed by atoms with Gasteiger partial charge < -0.3 is 5.11 Å². The number of rotatable bonds is 3. The van der Waals surface area contributed by atoms with Crippen LogP contribution in [-0.2, 0) is 0 Å². The van der Waals surface area contributed by atoms with Gasteiger partial charge >= 0.3 is 0 Å². The Morgan fingerprint density at radius 3 is 2.29 bits per heavy atom. The van der Waals surface area contributed by atoms with Gasteiger partial charge in [0.25, 0.3) is 0 Å². The van der Waals surface area contributed by atoms with Crippen molar-refractivity contribution < 1.29 is 5.11 Å². The van der Waals surface area contributed by atoms with Crippen LogP contribution in [0.4, 0.5) is 0 Å². The molecule has 0 fully saturated rings. The van der Waals surface area contributed by atoms with Gasteiger partial charge in [0.2, 0.25) is 0 Å². The van der Waals surface area contributed by atoms with Crippen LogP contribution in [0.15, 0.2) is 41.6 Å². The summed E-state index contributed by atoms with van der Waals surface area (Å²) in [7, 11) is -1.60. The minimum Gasteiger partial charge on any atom is -0.392 e. The van der Waals surface area contributed by atoms with Crippen LogP contribution in [0.3, 0.4) is 0 Å². The maximum Gasteiger partial charge on any atom is 0.110 e. The highest BCUT2D eigenvalue weighted by Gasteiger charge is 2.26. The van der Waals surface area contributed by atoms with Crippen molar-refractivity contribution >= 4 is 13.3 Å². The van der Waals surface area contributed by atoms with Gasteiger partial charge in [-0.2, -0.15) is 0 Å². The standard InChI is InChI=1S/C12H18OSi/c1-4-11(10-13)14(2,3)12-8-6-5-7-9-12/h4-9,13H,10H2,1-3H3/b11-4-. The van der Waals surface area contributed by atoms with Gasteiger partial charge in [-0.3, -0.25) is 0 Å². The highest BCUT2D eigenvalue weighted by Crippen LogP contribution is 2.14. The van der Waals surface area contributed by atoms with Gasteiger partial charge in [0, 0.05) is 0 Å². The lowest BCUT2D eigenvalue weighted by molar-refractivity contribution is 0.337. The topological polar surface area (TPSA) is 20.2 Å². The molecule has 1 N–H and O–H groups in total. The third-order valence-corrected chi connectivity index (χ3v) is 6.65. The van der Waals surface area contributed by atoms with E-state index in [0.29, 0.717) is 0 Å². The lowest BCUT2D eigenvalue weighted by atomic mass is 10.4. The van der Waals surface area contributed by atoms with Crippen molar-refractivity contribution in [3.63, 3.8) is 0 Å². The van der Waals surface area contributed by atoms with Crippen molar-refractivity contribution in [2.24, 2.45) is 0 Å². The van der Waals surface area contributed by atoms with Crippen molar-refractivity contribution in [3.8, 4) is 0 Å². The van der Waals surface area contributed by atoms with Crippen LogP contribution >= 0.6 is 0 Å². The van der Waals surface area contributed by atoms with Gasteiger partial charge in [0.15, 0.2) is 0 Å². The average molecular weight is 206 g/mol. The number of benzene rings is 1. The second-order valence-electron chi connectivity index (χ2n) is 3.96. The van der Waals surface area contributed by atoms with E-state index in [1.807, 2.05) is 13.0 Å². The Morgan fingerprint density at radius 1 is 1.29 bits per heavy atom. The molecule has 0 amide bonds. The molecule has 76 valence electrons. The lowest BCUT2D eigenvalue weighted by Gasteiger charge is -2.25. The van der Waals surface area contributed by atoms with E-state index in [0.717, 1.165) is 0 Å². The molecular weight excluding hydrogens is 188 g/mol. The summed E-state index contributed by atoms with van der Waals surface area (Å²) in [6, 6.07) is 10.5. The van der Waals surface area contributed by atoms with E-state index >= 15 is 0 Å². The molecule has 0 spiro atoms. The fraction of sp³-hybridized carbons (Fsp3) is 0.333. The zero-order valence-electron chi connectivity index (χ0n) is 9.12. The van der Waals surface area contributed by atoms with E-state index < -0.39 is 8.07 Å². The predicted octanol–water partition coefficient (Wildman–Crippen LogP) is 2.08. The van der Waals surface area contributed by atoms with Crippen LogP contribution in [-0.4, -0.2) is 19.8 Å². The first-order chi connectivity index (χ1) is 6.62. The monoisotopic (exact) mass is 206 g/mol. The van der Waals surface area contributed by atoms with E-state index in [1.54, 1.807) is 0 Å². The van der Waals surface area contributed by atoms with E-state index in [2.05, 4.69) is 43.4 Å². The molecule has 0 aromatic heterocycles. The largest absolute Gasteiger partial charge is 0.392 e. The lowest BCUT2D eigenvalue weighted by Crippen LogP contribution is -2.44. The molecule has 0 saturated heterocycles. The summed E-state index contributed by atoms with van der Waals surface area (Å²) in [5.41, 5.74) is 0. The van der Waals surface area contributed by atoms with Crippen molar-refractivity contribution in [2.45, 2.75) is 20.0 Å². The summed E-state index contributed by atoms with van der Waals surface area (Å²) in [4.78, 5) is 0. The molecule has 0 radical (unpaired) electrons. The minimum absolute atomic E-state index is 0.185. The summed E-state index contributed by atoms with van der Waals surface area (Å²) >= 11 is 0. The maximum absolute atomic E-state index is 9.29. The van der Waals surface area contributed by atoms with E-state index in [1.165, 1.54) is 10.4 Å². The summed E-state index contributed by atoms with van der Waals surface area (Å²) in [5, 5.41) is 11.9. The summed E-state index contributed by atoms with van der Waals surface area (Å²) in [5.74, 6) is 0. The first-order valence-corrected chi connectivity index (χ1v) is 7.95. The van der Waals surface area contributed by atoms with Gasteiger partial charge in [-0.1, -0.05) is 59.9 Å². The second kappa shape index (κ2) is 4.58. The van der Waals surface area contributed by atoms with Crippen molar-refractivity contribution in [3.05, 3.63) is 41.6 Å². The Balaban J connectivity index is 3.07. The van der Waals surface area contributed by atoms with Crippen LogP contribution in [0.1, 0.15) is 6.92 Å². The molecule has 0 saturated carbocycles. The number of hydrogen-bond acceptors (Lipinski definition) is 1. The van der Waals surface area contributed by atoms with E-state index in [4.69, 9.17) is 0 Å². The Hall–Kier alpha value is -0.863. The Bertz CT molecular complexity index is 314. The third-order valence-electron chi connectivity index (χ3n) is 2.82. The molecule has 1 rings (SSSR count). The fourth-order valence-electron chi connectivity index (χ4n) is 1.69. The van der Waals surface area contributed by atoms with Gasteiger partial charge in [-0.15, -0.1) is 0 Å².